The predicted molar refractivity (Wildman–Crippen MR) is 94.3 cm³/mol. The van der Waals surface area contributed by atoms with Crippen molar-refractivity contribution in [2.45, 2.75) is 13.2 Å². The Hall–Kier alpha value is -2.28. The number of carbonyl (C=O) groups is 1. The number of aliphatic hydroxyl groups is 1. The van der Waals surface area contributed by atoms with Crippen LogP contribution in [0.2, 0.25) is 10.0 Å². The van der Waals surface area contributed by atoms with E-state index < -0.39 is 5.43 Å². The molecule has 0 aliphatic heterocycles. The van der Waals surface area contributed by atoms with E-state index in [1.165, 1.54) is 6.07 Å². The van der Waals surface area contributed by atoms with Gasteiger partial charge in [0.1, 0.15) is 6.61 Å². The molecule has 0 saturated carbocycles. The fourth-order valence-corrected chi connectivity index (χ4v) is 2.31. The van der Waals surface area contributed by atoms with Gasteiger partial charge >= 0.3 is 5.43 Å². The van der Waals surface area contributed by atoms with Crippen LogP contribution in [0.3, 0.4) is 0 Å². The third-order valence-electron chi connectivity index (χ3n) is 2.71. The van der Waals surface area contributed by atoms with E-state index >= 15 is 0 Å². The van der Waals surface area contributed by atoms with Gasteiger partial charge in [0.25, 0.3) is 0 Å². The molecular weight excluding hydrogens is 387 g/mol. The first-order valence-corrected chi connectivity index (χ1v) is 7.83. The monoisotopic (exact) mass is 396 g/mol. The number of nitriles is 2. The minimum absolute atomic E-state index is 0.0115. The summed E-state index contributed by atoms with van der Waals surface area (Å²) in [4.78, 5) is 10.3. The Kier molecular flexibility index (Phi) is 8.77. The molecule has 2 aromatic rings. The highest BCUT2D eigenvalue weighted by molar-refractivity contribution is 6.61. The summed E-state index contributed by atoms with van der Waals surface area (Å²) in [7, 11) is 0. The predicted octanol–water partition coefficient (Wildman–Crippen LogP) is 4.79. The van der Waals surface area contributed by atoms with Gasteiger partial charge in [-0.15, -0.1) is 0 Å². The number of halogens is 3. The Morgan fingerprint density at radius 1 is 0.960 bits per heavy atom. The van der Waals surface area contributed by atoms with Gasteiger partial charge in [-0.25, -0.2) is 4.79 Å². The van der Waals surface area contributed by atoms with Crippen LogP contribution < -0.4 is 0 Å². The second kappa shape index (κ2) is 10.6. The largest absolute Gasteiger partial charge is 0.449 e. The molecule has 0 radical (unpaired) electrons. The summed E-state index contributed by atoms with van der Waals surface area (Å²) < 4.78 is 4.54. The van der Waals surface area contributed by atoms with Gasteiger partial charge in [0, 0.05) is 21.6 Å². The van der Waals surface area contributed by atoms with E-state index in [9.17, 15) is 4.79 Å². The van der Waals surface area contributed by atoms with E-state index in [-0.39, 0.29) is 13.2 Å². The zero-order chi connectivity index (χ0) is 18.8. The third-order valence-corrected chi connectivity index (χ3v) is 3.25. The molecule has 0 bridgehead atoms. The van der Waals surface area contributed by atoms with Gasteiger partial charge in [0.05, 0.1) is 29.9 Å². The Morgan fingerprint density at radius 3 is 1.88 bits per heavy atom. The van der Waals surface area contributed by atoms with Crippen molar-refractivity contribution < 1.29 is 14.6 Å². The minimum Gasteiger partial charge on any atom is -0.449 e. The summed E-state index contributed by atoms with van der Waals surface area (Å²) in [6.07, 6.45) is 0. The van der Waals surface area contributed by atoms with E-state index in [0.717, 1.165) is 0 Å². The molecular formula is C17H11Cl3N2O3. The number of ether oxygens (including phenoxy) is 1. The number of carbonyl (C=O) groups excluding carboxylic acids is 1. The highest BCUT2D eigenvalue weighted by Gasteiger charge is 2.02. The van der Waals surface area contributed by atoms with Crippen LogP contribution in [0.1, 0.15) is 22.3 Å². The van der Waals surface area contributed by atoms with Gasteiger partial charge in [0.15, 0.2) is 0 Å². The van der Waals surface area contributed by atoms with Crippen molar-refractivity contribution >= 4 is 40.2 Å². The zero-order valence-electron chi connectivity index (χ0n) is 12.7. The maximum atomic E-state index is 10.3. The molecule has 0 atom stereocenters. The molecule has 2 aromatic carbocycles. The normalized spacial score (nSPS) is 9.20. The zero-order valence-corrected chi connectivity index (χ0v) is 14.9. The minimum atomic E-state index is -0.886. The third kappa shape index (κ3) is 7.89. The van der Waals surface area contributed by atoms with Gasteiger partial charge in [-0.05, 0) is 47.5 Å². The summed E-state index contributed by atoms with van der Waals surface area (Å²) in [5, 5.41) is 26.7. The van der Waals surface area contributed by atoms with Crippen LogP contribution in [-0.2, 0) is 18.0 Å². The van der Waals surface area contributed by atoms with Crippen LogP contribution in [0.25, 0.3) is 0 Å². The quantitative estimate of drug-likeness (QED) is 0.751. The van der Waals surface area contributed by atoms with Crippen molar-refractivity contribution in [3.8, 4) is 12.1 Å². The SMILES string of the molecule is N#Cc1cc(Cl)cc(CO)c1.N#Cc1cc(Cl)cc(COC(=O)Cl)c1. The van der Waals surface area contributed by atoms with Crippen molar-refractivity contribution in [2.24, 2.45) is 0 Å². The number of aliphatic hydroxyl groups excluding tert-OH is 1. The van der Waals surface area contributed by atoms with E-state index in [4.69, 9.17) is 50.4 Å². The standard InChI is InChI=1S/C9H5Cl2NO2.C8H6ClNO/c10-8-2-6(4-12)1-7(3-8)5-14-9(11)13;9-8-2-6(4-10)1-7(3-8)5-11/h1-3H,5H2;1-3,11H,5H2. The fraction of sp³-hybridized carbons (Fsp3) is 0.118. The summed E-state index contributed by atoms with van der Waals surface area (Å²) in [5.41, 5.74) is 1.29. The second-order valence-corrected chi connectivity index (χ2v) is 5.79. The Labute approximate surface area is 159 Å². The molecule has 25 heavy (non-hydrogen) atoms. The lowest BCUT2D eigenvalue weighted by Gasteiger charge is -2.02. The van der Waals surface area contributed by atoms with E-state index in [1.54, 1.807) is 30.3 Å². The summed E-state index contributed by atoms with van der Waals surface area (Å²) in [6.45, 7) is -0.0766. The number of hydrogen-bond donors (Lipinski definition) is 1. The number of nitrogens with zero attached hydrogens (tertiary/aromatic N) is 2. The molecule has 0 spiro atoms. The molecule has 0 unspecified atom stereocenters. The molecule has 2 rings (SSSR count). The second-order valence-electron chi connectivity index (χ2n) is 4.60. The first kappa shape index (κ1) is 20.8. The molecule has 0 aromatic heterocycles. The first-order valence-electron chi connectivity index (χ1n) is 6.70. The van der Waals surface area contributed by atoms with E-state index in [0.29, 0.717) is 32.3 Å². The molecule has 0 fully saturated rings. The van der Waals surface area contributed by atoms with Crippen LogP contribution in [0, 0.1) is 22.7 Å². The average Bonchev–Trinajstić information content (AvgIpc) is 2.59. The van der Waals surface area contributed by atoms with Gasteiger partial charge in [0.2, 0.25) is 0 Å². The van der Waals surface area contributed by atoms with Gasteiger partial charge in [-0.2, -0.15) is 10.5 Å². The van der Waals surface area contributed by atoms with Crippen LogP contribution in [-0.4, -0.2) is 10.5 Å². The first-order chi connectivity index (χ1) is 11.9. The van der Waals surface area contributed by atoms with Crippen molar-refractivity contribution in [3.05, 3.63) is 68.7 Å². The Balaban J connectivity index is 0.000000257. The Bertz CT molecular complexity index is 842. The summed E-state index contributed by atoms with van der Waals surface area (Å²) >= 11 is 16.3. The highest BCUT2D eigenvalue weighted by atomic mass is 35.5. The molecule has 128 valence electrons. The molecule has 5 nitrogen and oxygen atoms in total. The average molecular weight is 398 g/mol. The molecule has 1 N–H and O–H groups in total. The van der Waals surface area contributed by atoms with Gasteiger partial charge < -0.3 is 9.84 Å². The summed E-state index contributed by atoms with van der Waals surface area (Å²) in [6, 6.07) is 13.4. The lowest BCUT2D eigenvalue weighted by Crippen LogP contribution is -1.95. The Morgan fingerprint density at radius 2 is 1.44 bits per heavy atom. The van der Waals surface area contributed by atoms with Crippen molar-refractivity contribution in [2.75, 3.05) is 0 Å². The number of rotatable bonds is 3. The summed E-state index contributed by atoms with van der Waals surface area (Å²) in [5.74, 6) is 0. The molecule has 8 heteroatoms. The maximum Gasteiger partial charge on any atom is 0.404 e. The van der Waals surface area contributed by atoms with Gasteiger partial charge in [-0.1, -0.05) is 23.2 Å². The maximum absolute atomic E-state index is 10.3. The van der Waals surface area contributed by atoms with E-state index in [2.05, 4.69) is 4.74 Å². The number of benzene rings is 2. The number of hydrogen-bond acceptors (Lipinski definition) is 5. The van der Waals surface area contributed by atoms with Crippen LogP contribution in [0.5, 0.6) is 0 Å². The van der Waals surface area contributed by atoms with Crippen molar-refractivity contribution in [1.82, 2.24) is 0 Å². The highest BCUT2D eigenvalue weighted by Crippen LogP contribution is 2.16. The molecule has 0 amide bonds. The van der Waals surface area contributed by atoms with E-state index in [1.807, 2.05) is 12.1 Å². The van der Waals surface area contributed by atoms with Crippen LogP contribution in [0.15, 0.2) is 36.4 Å². The van der Waals surface area contributed by atoms with Crippen molar-refractivity contribution in [1.29, 1.82) is 10.5 Å². The fourth-order valence-electron chi connectivity index (χ4n) is 1.74. The van der Waals surface area contributed by atoms with Gasteiger partial charge in [-0.3, -0.25) is 0 Å². The lowest BCUT2D eigenvalue weighted by molar-refractivity contribution is 0.167. The van der Waals surface area contributed by atoms with Crippen LogP contribution >= 0.6 is 34.8 Å². The van der Waals surface area contributed by atoms with Crippen LogP contribution in [0.4, 0.5) is 4.79 Å². The molecule has 0 heterocycles. The molecule has 0 aliphatic rings. The lowest BCUT2D eigenvalue weighted by atomic mass is 10.1. The smallest absolute Gasteiger partial charge is 0.404 e. The molecule has 0 saturated heterocycles. The van der Waals surface area contributed by atoms with Crippen molar-refractivity contribution in [3.63, 3.8) is 0 Å². The topological polar surface area (TPSA) is 94.1 Å². The molecule has 0 aliphatic carbocycles.